The summed E-state index contributed by atoms with van der Waals surface area (Å²) < 4.78 is 9.97. The zero-order valence-corrected chi connectivity index (χ0v) is 7.63. The number of aromatic nitrogens is 5. The first-order chi connectivity index (χ1) is 6.79. The summed E-state index contributed by atoms with van der Waals surface area (Å²) in [5.74, 6) is 1.01. The maximum atomic E-state index is 5.14. The van der Waals surface area contributed by atoms with Gasteiger partial charge in [0, 0.05) is 6.92 Å². The standard InChI is InChI=1S/C7H7N5O2/c1-4-11-12-6(14-4)5-8-3-9-7(10-5)13-2/h3H,1-2H3. The molecule has 0 N–H and O–H groups in total. The molecule has 0 atom stereocenters. The topological polar surface area (TPSA) is 86.8 Å². The van der Waals surface area contributed by atoms with E-state index in [0.29, 0.717) is 11.7 Å². The van der Waals surface area contributed by atoms with Gasteiger partial charge in [0.2, 0.25) is 11.7 Å². The van der Waals surface area contributed by atoms with E-state index < -0.39 is 0 Å². The summed E-state index contributed by atoms with van der Waals surface area (Å²) in [6, 6.07) is 0.214. The Kier molecular flexibility index (Phi) is 2.05. The van der Waals surface area contributed by atoms with Crippen molar-refractivity contribution >= 4 is 0 Å². The number of nitrogens with zero attached hydrogens (tertiary/aromatic N) is 5. The van der Waals surface area contributed by atoms with Crippen LogP contribution in [0.4, 0.5) is 0 Å². The molecule has 7 nitrogen and oxygen atoms in total. The van der Waals surface area contributed by atoms with E-state index in [0.717, 1.165) is 0 Å². The van der Waals surface area contributed by atoms with Gasteiger partial charge >= 0.3 is 6.01 Å². The van der Waals surface area contributed by atoms with Crippen LogP contribution in [-0.2, 0) is 0 Å². The van der Waals surface area contributed by atoms with Gasteiger partial charge in [0.15, 0.2) is 0 Å². The minimum atomic E-state index is 0.214. The van der Waals surface area contributed by atoms with E-state index in [-0.39, 0.29) is 11.9 Å². The number of hydrogen-bond acceptors (Lipinski definition) is 7. The van der Waals surface area contributed by atoms with Gasteiger partial charge in [-0.15, -0.1) is 10.2 Å². The second-order valence-electron chi connectivity index (χ2n) is 2.42. The van der Waals surface area contributed by atoms with Crippen LogP contribution in [0.15, 0.2) is 10.7 Å². The summed E-state index contributed by atoms with van der Waals surface area (Å²) in [5.41, 5.74) is 0. The zero-order chi connectivity index (χ0) is 9.97. The first kappa shape index (κ1) is 8.54. The first-order valence-electron chi connectivity index (χ1n) is 3.83. The van der Waals surface area contributed by atoms with Gasteiger partial charge in [-0.1, -0.05) is 0 Å². The van der Waals surface area contributed by atoms with Gasteiger partial charge in [-0.05, 0) is 0 Å². The highest BCUT2D eigenvalue weighted by molar-refractivity contribution is 5.38. The monoisotopic (exact) mass is 193 g/mol. The van der Waals surface area contributed by atoms with Crippen molar-refractivity contribution in [2.24, 2.45) is 0 Å². The molecular formula is C7H7N5O2. The van der Waals surface area contributed by atoms with E-state index in [4.69, 9.17) is 9.15 Å². The summed E-state index contributed by atoms with van der Waals surface area (Å²) in [4.78, 5) is 11.6. The molecule has 0 aromatic carbocycles. The van der Waals surface area contributed by atoms with Crippen LogP contribution in [0.5, 0.6) is 6.01 Å². The molecule has 2 rings (SSSR count). The average Bonchev–Trinajstić information content (AvgIpc) is 2.65. The molecule has 7 heteroatoms. The Hall–Kier alpha value is -2.05. The van der Waals surface area contributed by atoms with E-state index in [2.05, 4.69) is 25.1 Å². The van der Waals surface area contributed by atoms with E-state index >= 15 is 0 Å². The van der Waals surface area contributed by atoms with E-state index in [1.54, 1.807) is 6.92 Å². The maximum Gasteiger partial charge on any atom is 0.319 e. The van der Waals surface area contributed by atoms with Crippen molar-refractivity contribution in [3.05, 3.63) is 12.2 Å². The Morgan fingerprint density at radius 3 is 2.79 bits per heavy atom. The molecule has 0 unspecified atom stereocenters. The molecule has 0 saturated carbocycles. The Bertz CT molecular complexity index is 441. The van der Waals surface area contributed by atoms with Crippen molar-refractivity contribution in [2.45, 2.75) is 6.92 Å². The minimum absolute atomic E-state index is 0.214. The molecule has 0 fully saturated rings. The normalized spacial score (nSPS) is 10.1. The molecular weight excluding hydrogens is 186 g/mol. The fourth-order valence-corrected chi connectivity index (χ4v) is 0.870. The number of aryl methyl sites for hydroxylation is 1. The smallest absolute Gasteiger partial charge is 0.319 e. The minimum Gasteiger partial charge on any atom is -0.467 e. The summed E-state index contributed by atoms with van der Waals surface area (Å²) in [6.07, 6.45) is 1.32. The van der Waals surface area contributed by atoms with E-state index in [1.807, 2.05) is 0 Å². The van der Waals surface area contributed by atoms with Gasteiger partial charge in [0.25, 0.3) is 5.89 Å². The van der Waals surface area contributed by atoms with Crippen molar-refractivity contribution in [1.29, 1.82) is 0 Å². The molecule has 0 amide bonds. The van der Waals surface area contributed by atoms with Crippen LogP contribution in [0.1, 0.15) is 5.89 Å². The van der Waals surface area contributed by atoms with Gasteiger partial charge in [-0.25, -0.2) is 4.98 Å². The van der Waals surface area contributed by atoms with Crippen LogP contribution in [0.3, 0.4) is 0 Å². The number of ether oxygens (including phenoxy) is 1. The largest absolute Gasteiger partial charge is 0.467 e. The number of rotatable bonds is 2. The third-order valence-corrected chi connectivity index (χ3v) is 1.45. The van der Waals surface area contributed by atoms with Crippen LogP contribution in [0, 0.1) is 6.92 Å². The Morgan fingerprint density at radius 1 is 1.29 bits per heavy atom. The fourth-order valence-electron chi connectivity index (χ4n) is 0.870. The highest BCUT2D eigenvalue weighted by Crippen LogP contribution is 2.13. The second kappa shape index (κ2) is 3.36. The number of methoxy groups -OCH3 is 1. The molecule has 2 aromatic heterocycles. The molecule has 0 spiro atoms. The van der Waals surface area contributed by atoms with Crippen LogP contribution in [0.25, 0.3) is 11.7 Å². The van der Waals surface area contributed by atoms with Crippen LogP contribution >= 0.6 is 0 Å². The summed E-state index contributed by atoms with van der Waals surface area (Å²) in [6.45, 7) is 1.69. The Morgan fingerprint density at radius 2 is 2.14 bits per heavy atom. The lowest BCUT2D eigenvalue weighted by molar-refractivity contribution is 0.377. The molecule has 0 saturated heterocycles. The maximum absolute atomic E-state index is 5.14. The van der Waals surface area contributed by atoms with E-state index in [9.17, 15) is 0 Å². The third-order valence-electron chi connectivity index (χ3n) is 1.45. The molecule has 0 aliphatic heterocycles. The SMILES string of the molecule is COc1ncnc(-c2nnc(C)o2)n1. The highest BCUT2D eigenvalue weighted by Gasteiger charge is 2.10. The molecule has 0 aliphatic rings. The summed E-state index contributed by atoms with van der Waals surface area (Å²) in [5, 5.41) is 7.43. The van der Waals surface area contributed by atoms with Gasteiger partial charge in [0.1, 0.15) is 6.33 Å². The predicted octanol–water partition coefficient (Wildman–Crippen LogP) is 0.239. The van der Waals surface area contributed by atoms with Crippen LogP contribution in [0.2, 0.25) is 0 Å². The van der Waals surface area contributed by atoms with Crippen molar-refractivity contribution in [1.82, 2.24) is 25.1 Å². The zero-order valence-electron chi connectivity index (χ0n) is 7.63. The van der Waals surface area contributed by atoms with Crippen LogP contribution in [-0.4, -0.2) is 32.3 Å². The molecule has 0 bridgehead atoms. The highest BCUT2D eigenvalue weighted by atomic mass is 16.5. The quantitative estimate of drug-likeness (QED) is 0.674. The van der Waals surface area contributed by atoms with E-state index in [1.165, 1.54) is 13.4 Å². The molecule has 14 heavy (non-hydrogen) atoms. The average molecular weight is 193 g/mol. The van der Waals surface area contributed by atoms with Crippen molar-refractivity contribution in [3.8, 4) is 17.7 Å². The second-order valence-corrected chi connectivity index (χ2v) is 2.42. The van der Waals surface area contributed by atoms with Gasteiger partial charge in [-0.2, -0.15) is 9.97 Å². The predicted molar refractivity (Wildman–Crippen MR) is 44.4 cm³/mol. The van der Waals surface area contributed by atoms with Crippen molar-refractivity contribution in [3.63, 3.8) is 0 Å². The van der Waals surface area contributed by atoms with Crippen molar-refractivity contribution < 1.29 is 9.15 Å². The van der Waals surface area contributed by atoms with Crippen LogP contribution < -0.4 is 4.74 Å². The third kappa shape index (κ3) is 1.51. The lowest BCUT2D eigenvalue weighted by atomic mass is 10.6. The lowest BCUT2D eigenvalue weighted by Gasteiger charge is -1.96. The fraction of sp³-hybridized carbons (Fsp3) is 0.286. The van der Waals surface area contributed by atoms with Gasteiger partial charge < -0.3 is 9.15 Å². The lowest BCUT2D eigenvalue weighted by Crippen LogP contribution is -1.96. The number of hydrogen-bond donors (Lipinski definition) is 0. The summed E-state index contributed by atoms with van der Waals surface area (Å²) in [7, 11) is 1.47. The first-order valence-corrected chi connectivity index (χ1v) is 3.83. The molecule has 0 aliphatic carbocycles. The summed E-state index contributed by atoms with van der Waals surface area (Å²) >= 11 is 0. The molecule has 72 valence electrons. The molecule has 0 radical (unpaired) electrons. The Labute approximate surface area is 79.2 Å². The molecule has 2 heterocycles. The van der Waals surface area contributed by atoms with Gasteiger partial charge in [-0.3, -0.25) is 0 Å². The Balaban J connectivity index is 2.41. The van der Waals surface area contributed by atoms with Gasteiger partial charge in [0.05, 0.1) is 7.11 Å². The van der Waals surface area contributed by atoms with Crippen molar-refractivity contribution in [2.75, 3.05) is 7.11 Å². The molecule has 2 aromatic rings.